The van der Waals surface area contributed by atoms with Gasteiger partial charge in [-0.2, -0.15) is 0 Å². The first-order valence-electron chi connectivity index (χ1n) is 5.92. The second kappa shape index (κ2) is 7.81. The molecule has 0 saturated carbocycles. The van der Waals surface area contributed by atoms with Gasteiger partial charge in [-0.3, -0.25) is 0 Å². The molecule has 0 spiro atoms. The van der Waals surface area contributed by atoms with Crippen molar-refractivity contribution in [2.24, 2.45) is 0 Å². The van der Waals surface area contributed by atoms with E-state index in [0.29, 0.717) is 6.61 Å². The van der Waals surface area contributed by atoms with Gasteiger partial charge in [0.2, 0.25) is 0 Å². The molecule has 7 heteroatoms. The summed E-state index contributed by atoms with van der Waals surface area (Å²) >= 11 is 0. The highest BCUT2D eigenvalue weighted by atomic mass is 16.6. The van der Waals surface area contributed by atoms with Gasteiger partial charge in [-0.1, -0.05) is 18.7 Å². The molecule has 2 N–H and O–H groups in total. The Labute approximate surface area is 120 Å². The molecule has 0 aromatic heterocycles. The lowest BCUT2D eigenvalue weighted by Gasteiger charge is -2.05. The SMILES string of the molecule is C=CC(=O)O.O=C(O)c1ccccc1C(=O)OCC1CO1. The summed E-state index contributed by atoms with van der Waals surface area (Å²) in [6.07, 6.45) is 0.806. The number of rotatable bonds is 5. The molecule has 1 fully saturated rings. The highest BCUT2D eigenvalue weighted by Crippen LogP contribution is 2.13. The zero-order chi connectivity index (χ0) is 15.8. The van der Waals surface area contributed by atoms with E-state index in [-0.39, 0.29) is 23.8 Å². The minimum Gasteiger partial charge on any atom is -0.478 e. The van der Waals surface area contributed by atoms with Gasteiger partial charge < -0.3 is 19.7 Å². The largest absolute Gasteiger partial charge is 0.478 e. The van der Waals surface area contributed by atoms with Crippen molar-refractivity contribution in [3.05, 3.63) is 48.0 Å². The number of esters is 1. The van der Waals surface area contributed by atoms with Gasteiger partial charge >= 0.3 is 17.9 Å². The van der Waals surface area contributed by atoms with Crippen LogP contribution in [0.5, 0.6) is 0 Å². The predicted molar refractivity (Wildman–Crippen MR) is 71.3 cm³/mol. The van der Waals surface area contributed by atoms with Crippen LogP contribution in [0.1, 0.15) is 20.7 Å². The number of epoxide rings is 1. The number of carbonyl (C=O) groups excluding carboxylic acids is 1. The van der Waals surface area contributed by atoms with Crippen molar-refractivity contribution in [2.45, 2.75) is 6.10 Å². The van der Waals surface area contributed by atoms with Crippen molar-refractivity contribution in [3.8, 4) is 0 Å². The third kappa shape index (κ3) is 5.87. The topological polar surface area (TPSA) is 113 Å². The van der Waals surface area contributed by atoms with E-state index in [2.05, 4.69) is 6.58 Å². The lowest BCUT2D eigenvalue weighted by atomic mass is 10.1. The van der Waals surface area contributed by atoms with E-state index in [0.717, 1.165) is 6.08 Å². The minimum absolute atomic E-state index is 0.0269. The Morgan fingerprint density at radius 1 is 1.29 bits per heavy atom. The smallest absolute Gasteiger partial charge is 0.339 e. The lowest BCUT2D eigenvalue weighted by Crippen LogP contribution is -2.14. The van der Waals surface area contributed by atoms with Crippen LogP contribution >= 0.6 is 0 Å². The lowest BCUT2D eigenvalue weighted by molar-refractivity contribution is -0.131. The van der Waals surface area contributed by atoms with Crippen LogP contribution in [0.2, 0.25) is 0 Å². The van der Waals surface area contributed by atoms with Gasteiger partial charge in [-0.15, -0.1) is 0 Å². The Morgan fingerprint density at radius 3 is 2.24 bits per heavy atom. The van der Waals surface area contributed by atoms with Crippen molar-refractivity contribution >= 4 is 17.9 Å². The Morgan fingerprint density at radius 2 is 1.81 bits per heavy atom. The molecule has 0 amide bonds. The van der Waals surface area contributed by atoms with Crippen molar-refractivity contribution in [1.29, 1.82) is 0 Å². The third-order valence-corrected chi connectivity index (χ3v) is 2.35. The van der Waals surface area contributed by atoms with Crippen molar-refractivity contribution in [1.82, 2.24) is 0 Å². The van der Waals surface area contributed by atoms with Crippen LogP contribution in [0, 0.1) is 0 Å². The van der Waals surface area contributed by atoms with E-state index in [1.807, 2.05) is 0 Å². The standard InChI is InChI=1S/C11H10O5.C3H4O2/c12-10(13)8-3-1-2-4-9(8)11(14)16-6-7-5-15-7;1-2-3(4)5/h1-4,7H,5-6H2,(H,12,13);2H,1H2,(H,4,5). The van der Waals surface area contributed by atoms with Gasteiger partial charge in [-0.05, 0) is 12.1 Å². The Hall–Kier alpha value is -2.67. The fraction of sp³-hybridized carbons (Fsp3) is 0.214. The number of hydrogen-bond acceptors (Lipinski definition) is 5. The van der Waals surface area contributed by atoms with Crippen LogP contribution in [0.25, 0.3) is 0 Å². The molecule has 1 atom stereocenters. The van der Waals surface area contributed by atoms with Crippen molar-refractivity contribution in [2.75, 3.05) is 13.2 Å². The first kappa shape index (κ1) is 16.4. The number of hydrogen-bond donors (Lipinski definition) is 2. The van der Waals surface area contributed by atoms with Gasteiger partial charge in [0, 0.05) is 6.08 Å². The molecule has 1 aromatic carbocycles. The second-order valence-electron chi connectivity index (χ2n) is 3.95. The summed E-state index contributed by atoms with van der Waals surface area (Å²) in [7, 11) is 0. The fourth-order valence-electron chi connectivity index (χ4n) is 1.26. The Balaban J connectivity index is 0.000000383. The van der Waals surface area contributed by atoms with E-state index >= 15 is 0 Å². The van der Waals surface area contributed by atoms with E-state index in [1.54, 1.807) is 12.1 Å². The quantitative estimate of drug-likeness (QED) is 0.476. The maximum Gasteiger partial charge on any atom is 0.339 e. The number of carboxylic acids is 2. The van der Waals surface area contributed by atoms with Gasteiger partial charge in [0.1, 0.15) is 12.7 Å². The first-order valence-corrected chi connectivity index (χ1v) is 5.92. The number of benzene rings is 1. The summed E-state index contributed by atoms with van der Waals surface area (Å²) < 4.78 is 9.79. The summed E-state index contributed by atoms with van der Waals surface area (Å²) in [6, 6.07) is 5.95. The molecular formula is C14H14O7. The molecule has 7 nitrogen and oxygen atoms in total. The van der Waals surface area contributed by atoms with Crippen molar-refractivity contribution < 1.29 is 34.1 Å². The molecular weight excluding hydrogens is 280 g/mol. The molecule has 2 rings (SSSR count). The van der Waals surface area contributed by atoms with E-state index < -0.39 is 17.9 Å². The highest BCUT2D eigenvalue weighted by Gasteiger charge is 2.25. The average molecular weight is 294 g/mol. The molecule has 21 heavy (non-hydrogen) atoms. The molecule has 1 aliphatic rings. The summed E-state index contributed by atoms with van der Waals surface area (Å²) in [6.45, 7) is 3.73. The molecule has 1 unspecified atom stereocenters. The molecule has 1 saturated heterocycles. The number of carbonyl (C=O) groups is 3. The summed E-state index contributed by atoms with van der Waals surface area (Å²) in [4.78, 5) is 31.7. The molecule has 1 heterocycles. The number of ether oxygens (including phenoxy) is 2. The average Bonchev–Trinajstić information content (AvgIpc) is 3.29. The second-order valence-corrected chi connectivity index (χ2v) is 3.95. The van der Waals surface area contributed by atoms with Crippen LogP contribution in [-0.2, 0) is 14.3 Å². The van der Waals surface area contributed by atoms with E-state index in [9.17, 15) is 14.4 Å². The number of aliphatic carboxylic acids is 1. The molecule has 0 aliphatic carbocycles. The van der Waals surface area contributed by atoms with Gasteiger partial charge in [-0.25, -0.2) is 14.4 Å². The monoisotopic (exact) mass is 294 g/mol. The minimum atomic E-state index is -1.14. The zero-order valence-corrected chi connectivity index (χ0v) is 11.0. The molecule has 1 aromatic rings. The van der Waals surface area contributed by atoms with Crippen LogP contribution in [-0.4, -0.2) is 47.4 Å². The summed E-state index contributed by atoms with van der Waals surface area (Å²) in [5.74, 6) is -2.76. The Kier molecular flexibility index (Phi) is 6.09. The van der Waals surface area contributed by atoms with Gasteiger partial charge in [0.15, 0.2) is 0 Å². The maximum absolute atomic E-state index is 11.6. The highest BCUT2D eigenvalue weighted by molar-refractivity contribution is 6.02. The maximum atomic E-state index is 11.6. The van der Waals surface area contributed by atoms with Crippen LogP contribution in [0.4, 0.5) is 0 Å². The summed E-state index contributed by atoms with van der Waals surface area (Å²) in [5, 5.41) is 16.5. The number of carboxylic acid groups (broad SMARTS) is 2. The van der Waals surface area contributed by atoms with Gasteiger partial charge in [0.05, 0.1) is 17.7 Å². The molecule has 0 radical (unpaired) electrons. The van der Waals surface area contributed by atoms with Crippen LogP contribution < -0.4 is 0 Å². The predicted octanol–water partition coefficient (Wildman–Crippen LogP) is 1.20. The normalized spacial score (nSPS) is 15.1. The summed E-state index contributed by atoms with van der Waals surface area (Å²) in [5.41, 5.74) is 0.0138. The Bertz CT molecular complexity index is 546. The molecule has 112 valence electrons. The van der Waals surface area contributed by atoms with E-state index in [4.69, 9.17) is 19.7 Å². The van der Waals surface area contributed by atoms with Crippen molar-refractivity contribution in [3.63, 3.8) is 0 Å². The molecule has 0 bridgehead atoms. The number of aromatic carboxylic acids is 1. The first-order chi connectivity index (χ1) is 9.95. The van der Waals surface area contributed by atoms with E-state index in [1.165, 1.54) is 12.1 Å². The molecule has 1 aliphatic heterocycles. The zero-order valence-electron chi connectivity index (χ0n) is 11.0. The van der Waals surface area contributed by atoms with Gasteiger partial charge in [0.25, 0.3) is 0 Å². The van der Waals surface area contributed by atoms with Crippen LogP contribution in [0.3, 0.4) is 0 Å². The van der Waals surface area contributed by atoms with Crippen LogP contribution in [0.15, 0.2) is 36.9 Å². The third-order valence-electron chi connectivity index (χ3n) is 2.35. The fourth-order valence-corrected chi connectivity index (χ4v) is 1.26.